The van der Waals surface area contributed by atoms with Gasteiger partial charge in [0, 0.05) is 0 Å². The lowest BCUT2D eigenvalue weighted by Crippen LogP contribution is -2.13. The molecule has 0 aromatic heterocycles. The molecule has 1 atom stereocenters. The van der Waals surface area contributed by atoms with Crippen LogP contribution in [0.1, 0.15) is 54.0 Å². The monoisotopic (exact) mass is 440 g/mol. The van der Waals surface area contributed by atoms with E-state index >= 15 is 0 Å². The largest absolute Gasteiger partial charge is 0.299 e. The fourth-order valence-corrected chi connectivity index (χ4v) is 5.23. The van der Waals surface area contributed by atoms with Crippen molar-refractivity contribution >= 4 is 46.0 Å². The average Bonchev–Trinajstić information content (AvgIpc) is 2.85. The standard InChI is InChI=1S/C32H28N2/c1-4-9-22-14-15-23(18-21(22)5-2)31-25-11-6-7-12-26(25)32(24-16-17-28(33)29(34)19-24)30-20(3)10-8-13-27(30)31/h4-9,11-20,33-34H,2,10H2,1,3H3/b9-4-,33-28?,34-29?. The molecule has 0 aliphatic heterocycles. The van der Waals surface area contributed by atoms with Gasteiger partial charge in [0.15, 0.2) is 0 Å². The fraction of sp³-hybridized carbons (Fsp3) is 0.125. The van der Waals surface area contributed by atoms with Crippen LogP contribution in [0.25, 0.3) is 45.7 Å². The van der Waals surface area contributed by atoms with Crippen molar-refractivity contribution in [2.45, 2.75) is 26.2 Å². The van der Waals surface area contributed by atoms with E-state index in [0.29, 0.717) is 5.92 Å². The molecule has 0 saturated carbocycles. The first kappa shape index (κ1) is 21.8. The normalized spacial score (nSPS) is 17.4. The van der Waals surface area contributed by atoms with E-state index in [4.69, 9.17) is 10.8 Å². The second-order valence-electron chi connectivity index (χ2n) is 8.97. The van der Waals surface area contributed by atoms with Gasteiger partial charge in [-0.3, -0.25) is 10.8 Å². The highest BCUT2D eigenvalue weighted by Crippen LogP contribution is 2.47. The highest BCUT2D eigenvalue weighted by Gasteiger charge is 2.26. The van der Waals surface area contributed by atoms with Crippen LogP contribution in [0.2, 0.25) is 0 Å². The van der Waals surface area contributed by atoms with Crippen molar-refractivity contribution in [2.24, 2.45) is 0 Å². The summed E-state index contributed by atoms with van der Waals surface area (Å²) in [5, 5.41) is 18.6. The second-order valence-corrected chi connectivity index (χ2v) is 8.97. The number of nitrogens with one attached hydrogen (secondary N) is 2. The van der Waals surface area contributed by atoms with Crippen LogP contribution in [0.3, 0.4) is 0 Å². The number of rotatable bonds is 4. The minimum Gasteiger partial charge on any atom is -0.299 e. The predicted octanol–water partition coefficient (Wildman–Crippen LogP) is 8.70. The number of benzene rings is 3. The number of hydrogen-bond donors (Lipinski definition) is 2. The smallest absolute Gasteiger partial charge is 0.0795 e. The van der Waals surface area contributed by atoms with Gasteiger partial charge in [0.05, 0.1) is 11.4 Å². The molecule has 2 nitrogen and oxygen atoms in total. The molecule has 2 aliphatic carbocycles. The summed E-state index contributed by atoms with van der Waals surface area (Å²) in [6, 6.07) is 15.2. The lowest BCUT2D eigenvalue weighted by Gasteiger charge is -2.28. The summed E-state index contributed by atoms with van der Waals surface area (Å²) in [6.45, 7) is 8.38. The number of fused-ring (bicyclic) bond motifs is 2. The first-order valence-electron chi connectivity index (χ1n) is 11.8. The van der Waals surface area contributed by atoms with Crippen LogP contribution in [-0.2, 0) is 0 Å². The van der Waals surface area contributed by atoms with Crippen LogP contribution in [0.5, 0.6) is 0 Å². The van der Waals surface area contributed by atoms with Crippen molar-refractivity contribution in [2.75, 3.05) is 0 Å². The third-order valence-corrected chi connectivity index (χ3v) is 6.81. The van der Waals surface area contributed by atoms with Gasteiger partial charge in [0.25, 0.3) is 0 Å². The van der Waals surface area contributed by atoms with E-state index in [1.165, 1.54) is 44.2 Å². The molecule has 1 unspecified atom stereocenters. The van der Waals surface area contributed by atoms with Crippen LogP contribution in [-0.4, -0.2) is 11.4 Å². The summed E-state index contributed by atoms with van der Waals surface area (Å²) in [4.78, 5) is 0. The zero-order valence-electron chi connectivity index (χ0n) is 19.7. The molecule has 166 valence electrons. The molecule has 0 fully saturated rings. The summed E-state index contributed by atoms with van der Waals surface area (Å²) < 4.78 is 0. The van der Waals surface area contributed by atoms with Crippen LogP contribution in [0.4, 0.5) is 0 Å². The third kappa shape index (κ3) is 3.52. The molecule has 2 N–H and O–H groups in total. The highest BCUT2D eigenvalue weighted by atomic mass is 14.5. The average molecular weight is 441 g/mol. The SMILES string of the molecule is C=Cc1cc(-c2c3c(c(C4=CC(=N)C(=N)C=C4)c4ccccc24)C(C)CC=C3)ccc1/C=C\C. The Morgan fingerprint density at radius 2 is 1.68 bits per heavy atom. The maximum Gasteiger partial charge on any atom is 0.0795 e. The van der Waals surface area contributed by atoms with E-state index < -0.39 is 0 Å². The Morgan fingerprint density at radius 3 is 2.38 bits per heavy atom. The van der Waals surface area contributed by atoms with Gasteiger partial charge in [0.2, 0.25) is 0 Å². The molecular weight excluding hydrogens is 412 g/mol. The maximum atomic E-state index is 8.27. The first-order valence-corrected chi connectivity index (χ1v) is 11.8. The Balaban J connectivity index is 1.89. The fourth-order valence-electron chi connectivity index (χ4n) is 5.23. The molecule has 3 aromatic carbocycles. The van der Waals surface area contributed by atoms with Gasteiger partial charge in [-0.05, 0) is 92.8 Å². The topological polar surface area (TPSA) is 47.7 Å². The van der Waals surface area contributed by atoms with Gasteiger partial charge in [-0.15, -0.1) is 0 Å². The summed E-state index contributed by atoms with van der Waals surface area (Å²) in [6.07, 6.45) is 17.2. The highest BCUT2D eigenvalue weighted by molar-refractivity contribution is 6.50. The van der Waals surface area contributed by atoms with Crippen LogP contribution in [0.15, 0.2) is 79.4 Å². The zero-order chi connectivity index (χ0) is 23.8. The van der Waals surface area contributed by atoms with Crippen molar-refractivity contribution in [3.8, 4) is 11.1 Å². The summed E-state index contributed by atoms with van der Waals surface area (Å²) in [5.74, 6) is 0.351. The number of allylic oxidation sites excluding steroid dienone is 6. The van der Waals surface area contributed by atoms with Gasteiger partial charge in [-0.2, -0.15) is 0 Å². The number of hydrogen-bond acceptors (Lipinski definition) is 2. The second kappa shape index (κ2) is 8.72. The molecule has 0 heterocycles. The van der Waals surface area contributed by atoms with Crippen molar-refractivity contribution < 1.29 is 0 Å². The Labute approximate surface area is 201 Å². The van der Waals surface area contributed by atoms with Gasteiger partial charge in [-0.25, -0.2) is 0 Å². The summed E-state index contributed by atoms with van der Waals surface area (Å²) in [7, 11) is 0. The Morgan fingerprint density at radius 1 is 0.912 bits per heavy atom. The molecule has 5 rings (SSSR count). The van der Waals surface area contributed by atoms with Crippen molar-refractivity contribution in [3.05, 3.63) is 107 Å². The first-order chi connectivity index (χ1) is 16.5. The zero-order valence-corrected chi connectivity index (χ0v) is 19.7. The van der Waals surface area contributed by atoms with E-state index in [1.54, 1.807) is 6.08 Å². The van der Waals surface area contributed by atoms with Crippen LogP contribution in [0, 0.1) is 10.8 Å². The maximum absolute atomic E-state index is 8.27. The molecule has 3 aromatic rings. The molecule has 0 saturated heterocycles. The molecule has 34 heavy (non-hydrogen) atoms. The summed E-state index contributed by atoms with van der Waals surface area (Å²) >= 11 is 0. The van der Waals surface area contributed by atoms with Crippen molar-refractivity contribution in [1.82, 2.24) is 0 Å². The van der Waals surface area contributed by atoms with E-state index in [9.17, 15) is 0 Å². The van der Waals surface area contributed by atoms with Gasteiger partial charge < -0.3 is 0 Å². The molecule has 2 heteroatoms. The third-order valence-electron chi connectivity index (χ3n) is 6.81. The Bertz CT molecular complexity index is 1490. The predicted molar refractivity (Wildman–Crippen MR) is 149 cm³/mol. The lowest BCUT2D eigenvalue weighted by molar-refractivity contribution is 0.771. The molecule has 2 aliphatic rings. The van der Waals surface area contributed by atoms with Crippen molar-refractivity contribution in [3.63, 3.8) is 0 Å². The van der Waals surface area contributed by atoms with Crippen molar-refractivity contribution in [1.29, 1.82) is 10.8 Å². The Kier molecular flexibility index (Phi) is 5.59. The Hall–Kier alpha value is -4.04. The van der Waals surface area contributed by atoms with Gasteiger partial charge in [-0.1, -0.05) is 86.4 Å². The minimum absolute atomic E-state index is 0.254. The summed E-state index contributed by atoms with van der Waals surface area (Å²) in [5.41, 5.74) is 10.0. The van der Waals surface area contributed by atoms with E-state index in [2.05, 4.69) is 80.3 Å². The molecule has 0 radical (unpaired) electrons. The molecule has 0 amide bonds. The quantitative estimate of drug-likeness (QED) is 0.381. The van der Waals surface area contributed by atoms with Crippen LogP contribution >= 0.6 is 0 Å². The molecule has 0 bridgehead atoms. The molecular formula is C32H28N2. The van der Waals surface area contributed by atoms with Crippen LogP contribution < -0.4 is 0 Å². The van der Waals surface area contributed by atoms with E-state index in [1.807, 2.05) is 25.2 Å². The van der Waals surface area contributed by atoms with E-state index in [-0.39, 0.29) is 11.4 Å². The van der Waals surface area contributed by atoms with Gasteiger partial charge >= 0.3 is 0 Å². The molecule has 0 spiro atoms. The lowest BCUT2D eigenvalue weighted by atomic mass is 9.75. The van der Waals surface area contributed by atoms with E-state index in [0.717, 1.165) is 17.6 Å². The minimum atomic E-state index is 0.254. The van der Waals surface area contributed by atoms with Gasteiger partial charge in [0.1, 0.15) is 0 Å².